The van der Waals surface area contributed by atoms with Crippen molar-refractivity contribution in [3.63, 3.8) is 0 Å². The number of nitrogens with two attached hydrogens (primary N) is 1. The molecule has 1 aromatic rings. The van der Waals surface area contributed by atoms with Gasteiger partial charge in [0.25, 0.3) is 0 Å². The third kappa shape index (κ3) is 1.92. The molecular weight excluding hydrogens is 211 g/mol. The van der Waals surface area contributed by atoms with E-state index in [0.717, 1.165) is 0 Å². The van der Waals surface area contributed by atoms with Gasteiger partial charge in [0.1, 0.15) is 6.07 Å². The highest BCUT2D eigenvalue weighted by atomic mass is 35.5. The van der Waals surface area contributed by atoms with Crippen molar-refractivity contribution in [1.82, 2.24) is 0 Å². The number of halogens is 2. The summed E-state index contributed by atoms with van der Waals surface area (Å²) in [6.07, 6.45) is 0. The van der Waals surface area contributed by atoms with Gasteiger partial charge in [-0.3, -0.25) is 4.79 Å². The van der Waals surface area contributed by atoms with E-state index in [1.165, 1.54) is 12.1 Å². The first-order valence-electron chi connectivity index (χ1n) is 3.25. The van der Waals surface area contributed by atoms with Crippen LogP contribution in [0.4, 0.5) is 0 Å². The Hall–Kier alpha value is -1.24. The molecule has 0 radical (unpaired) electrons. The van der Waals surface area contributed by atoms with Gasteiger partial charge in [-0.15, -0.1) is 0 Å². The zero-order valence-electron chi connectivity index (χ0n) is 6.34. The van der Waals surface area contributed by atoms with E-state index in [1.54, 1.807) is 0 Å². The van der Waals surface area contributed by atoms with Gasteiger partial charge < -0.3 is 5.73 Å². The van der Waals surface area contributed by atoms with E-state index in [0.29, 0.717) is 0 Å². The molecular formula is C8H4Cl2N2O. The highest BCUT2D eigenvalue weighted by molar-refractivity contribution is 6.43. The van der Waals surface area contributed by atoms with Gasteiger partial charge in [-0.05, 0) is 12.1 Å². The second-order valence-electron chi connectivity index (χ2n) is 2.30. The molecule has 5 heteroatoms. The van der Waals surface area contributed by atoms with Crippen LogP contribution in [-0.4, -0.2) is 5.91 Å². The van der Waals surface area contributed by atoms with E-state index in [-0.39, 0.29) is 21.2 Å². The van der Waals surface area contributed by atoms with Crippen LogP contribution >= 0.6 is 23.2 Å². The maximum atomic E-state index is 10.7. The number of hydrogen-bond donors (Lipinski definition) is 1. The average molecular weight is 215 g/mol. The Balaban J connectivity index is 3.41. The summed E-state index contributed by atoms with van der Waals surface area (Å²) in [7, 11) is 0. The highest BCUT2D eigenvalue weighted by Gasteiger charge is 2.09. The molecule has 0 aromatic heterocycles. The van der Waals surface area contributed by atoms with Crippen LogP contribution in [0.25, 0.3) is 0 Å². The Morgan fingerprint density at radius 2 is 2.08 bits per heavy atom. The molecule has 13 heavy (non-hydrogen) atoms. The van der Waals surface area contributed by atoms with Crippen LogP contribution in [0.15, 0.2) is 12.1 Å². The van der Waals surface area contributed by atoms with Crippen LogP contribution in [0.1, 0.15) is 15.9 Å². The van der Waals surface area contributed by atoms with Crippen molar-refractivity contribution in [1.29, 1.82) is 5.26 Å². The van der Waals surface area contributed by atoms with Gasteiger partial charge in [-0.2, -0.15) is 5.26 Å². The van der Waals surface area contributed by atoms with Crippen LogP contribution in [0.3, 0.4) is 0 Å². The van der Waals surface area contributed by atoms with Crippen molar-refractivity contribution < 1.29 is 4.79 Å². The minimum absolute atomic E-state index is 0.133. The number of nitriles is 1. The van der Waals surface area contributed by atoms with Crippen molar-refractivity contribution in [3.05, 3.63) is 33.3 Å². The number of amides is 1. The molecule has 0 aliphatic heterocycles. The van der Waals surface area contributed by atoms with Gasteiger partial charge in [0.15, 0.2) is 0 Å². The molecule has 0 aliphatic rings. The molecule has 0 unspecified atom stereocenters. The molecule has 1 rings (SSSR count). The lowest BCUT2D eigenvalue weighted by molar-refractivity contribution is 0.100. The fourth-order valence-corrected chi connectivity index (χ4v) is 1.18. The first-order valence-corrected chi connectivity index (χ1v) is 4.01. The number of carbonyl (C=O) groups is 1. The Kier molecular flexibility index (Phi) is 2.76. The third-order valence-electron chi connectivity index (χ3n) is 1.43. The number of nitrogens with zero attached hydrogens (tertiary/aromatic N) is 1. The van der Waals surface area contributed by atoms with Crippen molar-refractivity contribution in [2.24, 2.45) is 5.73 Å². The van der Waals surface area contributed by atoms with E-state index in [9.17, 15) is 4.79 Å². The summed E-state index contributed by atoms with van der Waals surface area (Å²) in [6, 6.07) is 4.44. The van der Waals surface area contributed by atoms with E-state index < -0.39 is 5.91 Å². The summed E-state index contributed by atoms with van der Waals surface area (Å²) in [5, 5.41) is 8.89. The molecule has 0 atom stereocenters. The lowest BCUT2D eigenvalue weighted by Gasteiger charge is -2.00. The number of hydrogen-bond acceptors (Lipinski definition) is 2. The van der Waals surface area contributed by atoms with Crippen LogP contribution in [0, 0.1) is 11.3 Å². The fourth-order valence-electron chi connectivity index (χ4n) is 0.813. The van der Waals surface area contributed by atoms with E-state index in [2.05, 4.69) is 0 Å². The molecule has 0 aliphatic carbocycles. The monoisotopic (exact) mass is 214 g/mol. The van der Waals surface area contributed by atoms with E-state index in [1.807, 2.05) is 6.07 Å². The van der Waals surface area contributed by atoms with Gasteiger partial charge >= 0.3 is 0 Å². The highest BCUT2D eigenvalue weighted by Crippen LogP contribution is 2.26. The zero-order chi connectivity index (χ0) is 10.0. The number of benzene rings is 1. The fraction of sp³-hybridized carbons (Fsp3) is 0. The topological polar surface area (TPSA) is 66.9 Å². The minimum atomic E-state index is -0.643. The van der Waals surface area contributed by atoms with Crippen molar-refractivity contribution in [3.8, 4) is 6.07 Å². The summed E-state index contributed by atoms with van der Waals surface area (Å²) in [4.78, 5) is 10.7. The van der Waals surface area contributed by atoms with Gasteiger partial charge in [0.2, 0.25) is 5.91 Å². The lowest BCUT2D eigenvalue weighted by Crippen LogP contribution is -2.11. The van der Waals surface area contributed by atoms with Gasteiger partial charge in [-0.1, -0.05) is 23.2 Å². The van der Waals surface area contributed by atoms with E-state index in [4.69, 9.17) is 34.2 Å². The van der Waals surface area contributed by atoms with Crippen molar-refractivity contribution >= 4 is 29.1 Å². The molecule has 0 bridgehead atoms. The Bertz CT molecular complexity index is 409. The first kappa shape index (κ1) is 9.85. The Labute approximate surface area is 84.7 Å². The largest absolute Gasteiger partial charge is 0.366 e. The lowest BCUT2D eigenvalue weighted by atomic mass is 10.1. The maximum absolute atomic E-state index is 10.7. The predicted octanol–water partition coefficient (Wildman–Crippen LogP) is 1.96. The minimum Gasteiger partial charge on any atom is -0.366 e. The number of carbonyl (C=O) groups excluding carboxylic acids is 1. The van der Waals surface area contributed by atoms with Gasteiger partial charge in [0, 0.05) is 5.56 Å². The molecule has 66 valence electrons. The Morgan fingerprint density at radius 3 is 2.54 bits per heavy atom. The number of primary amides is 1. The third-order valence-corrected chi connectivity index (χ3v) is 2.24. The second kappa shape index (κ2) is 3.65. The van der Waals surface area contributed by atoms with E-state index >= 15 is 0 Å². The average Bonchev–Trinajstić information content (AvgIpc) is 2.09. The molecule has 0 fully saturated rings. The number of rotatable bonds is 1. The van der Waals surface area contributed by atoms with Crippen LogP contribution in [0.2, 0.25) is 10.0 Å². The van der Waals surface area contributed by atoms with Crippen molar-refractivity contribution in [2.75, 3.05) is 0 Å². The molecule has 0 saturated heterocycles. The van der Waals surface area contributed by atoms with Crippen LogP contribution in [-0.2, 0) is 0 Å². The molecule has 1 aromatic carbocycles. The van der Waals surface area contributed by atoms with Crippen molar-refractivity contribution in [2.45, 2.75) is 0 Å². The molecule has 0 spiro atoms. The predicted molar refractivity (Wildman–Crippen MR) is 49.7 cm³/mol. The zero-order valence-corrected chi connectivity index (χ0v) is 7.86. The summed E-state index contributed by atoms with van der Waals surface area (Å²) in [5.41, 5.74) is 5.32. The SMILES string of the molecule is N#Cc1cc(C(N)=O)cc(Cl)c1Cl. The summed E-state index contributed by atoms with van der Waals surface area (Å²) in [6.45, 7) is 0. The molecule has 0 heterocycles. The normalized spacial score (nSPS) is 9.31. The molecule has 2 N–H and O–H groups in total. The molecule has 3 nitrogen and oxygen atoms in total. The summed E-state index contributed by atoms with van der Waals surface area (Å²) < 4.78 is 0. The molecule has 1 amide bonds. The standard InChI is InChI=1S/C8H4Cl2N2O/c9-6-2-4(8(12)13)1-5(3-11)7(6)10/h1-2H,(H2,12,13). The van der Waals surface area contributed by atoms with Gasteiger partial charge in [0.05, 0.1) is 15.6 Å². The van der Waals surface area contributed by atoms with Crippen LogP contribution < -0.4 is 5.73 Å². The first-order chi connectivity index (χ1) is 6.06. The second-order valence-corrected chi connectivity index (χ2v) is 3.08. The molecule has 0 saturated carbocycles. The quantitative estimate of drug-likeness (QED) is 0.777. The maximum Gasteiger partial charge on any atom is 0.248 e. The van der Waals surface area contributed by atoms with Gasteiger partial charge in [-0.25, -0.2) is 0 Å². The summed E-state index contributed by atoms with van der Waals surface area (Å²) in [5.74, 6) is -0.643. The summed E-state index contributed by atoms with van der Waals surface area (Å²) >= 11 is 11.3. The Morgan fingerprint density at radius 1 is 1.46 bits per heavy atom. The van der Waals surface area contributed by atoms with Crippen LogP contribution in [0.5, 0.6) is 0 Å². The smallest absolute Gasteiger partial charge is 0.248 e.